The summed E-state index contributed by atoms with van der Waals surface area (Å²) in [6.45, 7) is 0.749. The molecular weight excluding hydrogens is 340 g/mol. The van der Waals surface area contributed by atoms with Crippen LogP contribution < -0.4 is 19.5 Å². The molecule has 1 aromatic carbocycles. The van der Waals surface area contributed by atoms with Crippen LogP contribution in [0.1, 0.15) is 23.8 Å². The zero-order valence-corrected chi connectivity index (χ0v) is 15.4. The Labute approximate surface area is 151 Å². The van der Waals surface area contributed by atoms with Crippen LogP contribution in [0.3, 0.4) is 0 Å². The van der Waals surface area contributed by atoms with Gasteiger partial charge in [0.15, 0.2) is 11.5 Å². The Balaban J connectivity index is 1.81. The Morgan fingerprint density at radius 2 is 1.92 bits per heavy atom. The lowest BCUT2D eigenvalue weighted by atomic mass is 10.2. The normalized spacial score (nSPS) is 16.6. The number of amides is 2. The van der Waals surface area contributed by atoms with E-state index in [1.165, 1.54) is 4.88 Å². The number of ether oxygens (including phenoxy) is 3. The van der Waals surface area contributed by atoms with Crippen molar-refractivity contribution >= 4 is 23.1 Å². The summed E-state index contributed by atoms with van der Waals surface area (Å²) in [6.07, 6.45) is 1.99. The Hall–Kier alpha value is -2.41. The smallest absolute Gasteiger partial charge is 0.322 e. The minimum atomic E-state index is -0.120. The average Bonchev–Trinajstić information content (AvgIpc) is 3.31. The summed E-state index contributed by atoms with van der Waals surface area (Å²) in [5.41, 5.74) is 0.608. The molecule has 1 atom stereocenters. The van der Waals surface area contributed by atoms with Crippen LogP contribution in [0.15, 0.2) is 29.6 Å². The number of urea groups is 1. The van der Waals surface area contributed by atoms with Crippen LogP contribution in [0.2, 0.25) is 0 Å². The maximum atomic E-state index is 12.8. The third-order valence-electron chi connectivity index (χ3n) is 4.30. The predicted molar refractivity (Wildman–Crippen MR) is 98.1 cm³/mol. The highest BCUT2D eigenvalue weighted by Gasteiger charge is 2.30. The van der Waals surface area contributed by atoms with E-state index in [1.807, 2.05) is 16.3 Å². The number of thiophene rings is 1. The highest BCUT2D eigenvalue weighted by molar-refractivity contribution is 7.10. The van der Waals surface area contributed by atoms with Gasteiger partial charge in [-0.05, 0) is 24.3 Å². The van der Waals surface area contributed by atoms with Gasteiger partial charge in [-0.3, -0.25) is 0 Å². The van der Waals surface area contributed by atoms with E-state index in [2.05, 4.69) is 11.4 Å². The summed E-state index contributed by atoms with van der Waals surface area (Å²) in [5, 5.41) is 5.00. The van der Waals surface area contributed by atoms with Crippen LogP contribution in [0.25, 0.3) is 0 Å². The molecule has 2 heterocycles. The first-order valence-corrected chi connectivity index (χ1v) is 8.97. The lowest BCUT2D eigenvalue weighted by Gasteiger charge is -2.24. The second-order valence-electron chi connectivity index (χ2n) is 5.71. The van der Waals surface area contributed by atoms with E-state index < -0.39 is 0 Å². The van der Waals surface area contributed by atoms with Gasteiger partial charge in [0.2, 0.25) is 5.75 Å². The molecule has 2 aromatic rings. The van der Waals surface area contributed by atoms with Crippen molar-refractivity contribution in [3.05, 3.63) is 34.5 Å². The number of anilines is 1. The lowest BCUT2D eigenvalue weighted by molar-refractivity contribution is 0.208. The molecule has 1 aliphatic rings. The van der Waals surface area contributed by atoms with E-state index in [0.29, 0.717) is 22.9 Å². The molecule has 25 heavy (non-hydrogen) atoms. The summed E-state index contributed by atoms with van der Waals surface area (Å²) < 4.78 is 16.0. The molecule has 0 aliphatic carbocycles. The number of nitrogens with one attached hydrogen (secondary N) is 1. The number of carbonyl (C=O) groups is 1. The van der Waals surface area contributed by atoms with Gasteiger partial charge in [0, 0.05) is 23.6 Å². The fourth-order valence-corrected chi connectivity index (χ4v) is 4.01. The molecule has 2 amide bonds. The molecule has 0 bridgehead atoms. The zero-order valence-electron chi connectivity index (χ0n) is 14.6. The second-order valence-corrected chi connectivity index (χ2v) is 6.69. The number of rotatable bonds is 5. The van der Waals surface area contributed by atoms with Crippen molar-refractivity contribution in [3.63, 3.8) is 0 Å². The van der Waals surface area contributed by atoms with E-state index in [4.69, 9.17) is 14.2 Å². The Morgan fingerprint density at radius 1 is 1.20 bits per heavy atom. The van der Waals surface area contributed by atoms with Gasteiger partial charge in [-0.25, -0.2) is 4.79 Å². The topological polar surface area (TPSA) is 60.0 Å². The van der Waals surface area contributed by atoms with Crippen molar-refractivity contribution in [1.29, 1.82) is 0 Å². The van der Waals surface area contributed by atoms with Gasteiger partial charge in [0.05, 0.1) is 33.1 Å². The molecule has 0 radical (unpaired) electrons. The van der Waals surface area contributed by atoms with E-state index in [0.717, 1.165) is 19.4 Å². The third kappa shape index (κ3) is 3.51. The maximum Gasteiger partial charge on any atom is 0.322 e. The van der Waals surface area contributed by atoms with Crippen molar-refractivity contribution in [2.45, 2.75) is 18.9 Å². The molecule has 1 N–H and O–H groups in total. The van der Waals surface area contributed by atoms with E-state index in [1.54, 1.807) is 44.8 Å². The van der Waals surface area contributed by atoms with E-state index >= 15 is 0 Å². The maximum absolute atomic E-state index is 12.8. The fraction of sp³-hybridized carbons (Fsp3) is 0.389. The minimum absolute atomic E-state index is 0.120. The van der Waals surface area contributed by atoms with Gasteiger partial charge >= 0.3 is 6.03 Å². The van der Waals surface area contributed by atoms with Crippen LogP contribution in [-0.4, -0.2) is 38.8 Å². The number of methoxy groups -OCH3 is 3. The SMILES string of the molecule is COc1cc(NC(=O)N2CCCC2c2cccs2)cc(OC)c1OC. The molecule has 0 spiro atoms. The average molecular weight is 362 g/mol. The standard InChI is InChI=1S/C18H22N2O4S/c1-22-14-10-12(11-15(23-2)17(14)24-3)19-18(21)20-8-4-6-13(20)16-7-5-9-25-16/h5,7,9-11,13H,4,6,8H2,1-3H3,(H,19,21). The first-order chi connectivity index (χ1) is 12.2. The van der Waals surface area contributed by atoms with Crippen LogP contribution in [0.4, 0.5) is 10.5 Å². The molecule has 0 saturated carbocycles. The number of benzene rings is 1. The molecule has 6 nitrogen and oxygen atoms in total. The Kier molecular flexibility index (Phi) is 5.33. The summed E-state index contributed by atoms with van der Waals surface area (Å²) in [7, 11) is 4.65. The van der Waals surface area contributed by atoms with E-state index in [9.17, 15) is 4.79 Å². The number of carbonyl (C=O) groups excluding carboxylic acids is 1. The van der Waals surface area contributed by atoms with Crippen LogP contribution in [0.5, 0.6) is 17.2 Å². The van der Waals surface area contributed by atoms with Crippen molar-refractivity contribution in [1.82, 2.24) is 4.90 Å². The fourth-order valence-electron chi connectivity index (χ4n) is 3.13. The molecule has 3 rings (SSSR count). The quantitative estimate of drug-likeness (QED) is 0.868. The molecule has 1 aliphatic heterocycles. The molecule has 134 valence electrons. The minimum Gasteiger partial charge on any atom is -0.493 e. The summed E-state index contributed by atoms with van der Waals surface area (Å²) in [6, 6.07) is 7.59. The zero-order chi connectivity index (χ0) is 17.8. The molecule has 1 aromatic heterocycles. The van der Waals surface area contributed by atoms with Crippen molar-refractivity contribution in [2.24, 2.45) is 0 Å². The molecule has 1 fully saturated rings. The largest absolute Gasteiger partial charge is 0.493 e. The summed E-state index contributed by atoms with van der Waals surface area (Å²) in [4.78, 5) is 15.9. The first-order valence-electron chi connectivity index (χ1n) is 8.09. The number of hydrogen-bond donors (Lipinski definition) is 1. The summed E-state index contributed by atoms with van der Waals surface area (Å²) >= 11 is 1.69. The molecule has 1 saturated heterocycles. The highest BCUT2D eigenvalue weighted by Crippen LogP contribution is 2.40. The third-order valence-corrected chi connectivity index (χ3v) is 5.27. The monoisotopic (exact) mass is 362 g/mol. The highest BCUT2D eigenvalue weighted by atomic mass is 32.1. The number of likely N-dealkylation sites (tertiary alicyclic amines) is 1. The number of nitrogens with zero attached hydrogens (tertiary/aromatic N) is 1. The van der Waals surface area contributed by atoms with Crippen LogP contribution in [-0.2, 0) is 0 Å². The van der Waals surface area contributed by atoms with Crippen LogP contribution >= 0.6 is 11.3 Å². The van der Waals surface area contributed by atoms with Gasteiger partial charge in [-0.1, -0.05) is 6.07 Å². The second kappa shape index (κ2) is 7.65. The lowest BCUT2D eigenvalue weighted by Crippen LogP contribution is -2.34. The Bertz CT molecular complexity index is 708. The van der Waals surface area contributed by atoms with E-state index in [-0.39, 0.29) is 12.1 Å². The van der Waals surface area contributed by atoms with Gasteiger partial charge in [-0.15, -0.1) is 11.3 Å². The van der Waals surface area contributed by atoms with Gasteiger partial charge in [0.1, 0.15) is 0 Å². The van der Waals surface area contributed by atoms with Gasteiger partial charge in [-0.2, -0.15) is 0 Å². The molecule has 7 heteroatoms. The summed E-state index contributed by atoms with van der Waals surface area (Å²) in [5.74, 6) is 1.52. The Morgan fingerprint density at radius 3 is 2.48 bits per heavy atom. The first kappa shape index (κ1) is 17.4. The van der Waals surface area contributed by atoms with Crippen molar-refractivity contribution in [2.75, 3.05) is 33.2 Å². The number of hydrogen-bond acceptors (Lipinski definition) is 5. The van der Waals surface area contributed by atoms with Crippen molar-refractivity contribution < 1.29 is 19.0 Å². The molecular formula is C18H22N2O4S. The van der Waals surface area contributed by atoms with Crippen molar-refractivity contribution in [3.8, 4) is 17.2 Å². The van der Waals surface area contributed by atoms with Gasteiger partial charge in [0.25, 0.3) is 0 Å². The van der Waals surface area contributed by atoms with Crippen LogP contribution in [0, 0.1) is 0 Å². The molecule has 1 unspecified atom stereocenters. The van der Waals surface area contributed by atoms with Gasteiger partial charge < -0.3 is 24.4 Å². The predicted octanol–water partition coefficient (Wildman–Crippen LogP) is 4.14.